The Labute approximate surface area is 146 Å². The van der Waals surface area contributed by atoms with Gasteiger partial charge >= 0.3 is 0 Å². The van der Waals surface area contributed by atoms with Crippen LogP contribution in [0.2, 0.25) is 5.02 Å². The van der Waals surface area contributed by atoms with Crippen LogP contribution in [0, 0.1) is 18.3 Å². The summed E-state index contributed by atoms with van der Waals surface area (Å²) in [5.74, 6) is 0. The van der Waals surface area contributed by atoms with Gasteiger partial charge in [-0.05, 0) is 43.7 Å². The highest BCUT2D eigenvalue weighted by molar-refractivity contribution is 7.99. The average Bonchev–Trinajstić information content (AvgIpc) is 2.56. The molecule has 0 fully saturated rings. The molecule has 5 heteroatoms. The van der Waals surface area contributed by atoms with E-state index in [1.807, 2.05) is 55.3 Å². The first-order valence-electron chi connectivity index (χ1n) is 7.26. The molecule has 0 heterocycles. The minimum absolute atomic E-state index is 0.639. The third kappa shape index (κ3) is 4.51. The molecule has 0 saturated heterocycles. The molecule has 3 nitrogen and oxygen atoms in total. The topological polar surface area (TPSA) is 39.4 Å². The summed E-state index contributed by atoms with van der Waals surface area (Å²) < 4.78 is 0. The maximum absolute atomic E-state index is 9.19. The van der Waals surface area contributed by atoms with E-state index in [9.17, 15) is 5.26 Å². The number of aliphatic imine (C=N–C) groups is 1. The fraction of sp³-hybridized carbons (Fsp3) is 0.222. The second kappa shape index (κ2) is 8.05. The van der Waals surface area contributed by atoms with Gasteiger partial charge in [0.15, 0.2) is 0 Å². The van der Waals surface area contributed by atoms with Gasteiger partial charge in [0.05, 0.1) is 22.6 Å². The molecule has 0 aliphatic rings. The Morgan fingerprint density at radius 3 is 2.74 bits per heavy atom. The van der Waals surface area contributed by atoms with Crippen LogP contribution in [0.1, 0.15) is 18.1 Å². The van der Waals surface area contributed by atoms with Crippen molar-refractivity contribution >= 4 is 35.4 Å². The lowest BCUT2D eigenvalue weighted by molar-refractivity contribution is 0.552. The normalized spacial score (nSPS) is 10.7. The van der Waals surface area contributed by atoms with Crippen LogP contribution in [0.5, 0.6) is 0 Å². The largest absolute Gasteiger partial charge is 0.366 e. The zero-order chi connectivity index (χ0) is 16.8. The maximum Gasteiger partial charge on any atom is 0.100 e. The lowest BCUT2D eigenvalue weighted by Crippen LogP contribution is -2.14. The quantitative estimate of drug-likeness (QED) is 0.547. The molecule has 0 unspecified atom stereocenters. The van der Waals surface area contributed by atoms with Gasteiger partial charge in [-0.3, -0.25) is 0 Å². The zero-order valence-electron chi connectivity index (χ0n) is 13.4. The van der Waals surface area contributed by atoms with Crippen molar-refractivity contribution in [3.63, 3.8) is 0 Å². The number of benzene rings is 2. The lowest BCUT2D eigenvalue weighted by Gasteiger charge is -2.11. The van der Waals surface area contributed by atoms with E-state index in [0.29, 0.717) is 10.6 Å². The van der Waals surface area contributed by atoms with Crippen molar-refractivity contribution in [1.82, 2.24) is 4.90 Å². The average molecular weight is 344 g/mol. The van der Waals surface area contributed by atoms with Crippen LogP contribution in [0.4, 0.5) is 5.69 Å². The highest BCUT2D eigenvalue weighted by atomic mass is 35.5. The van der Waals surface area contributed by atoms with E-state index in [4.69, 9.17) is 11.6 Å². The van der Waals surface area contributed by atoms with E-state index in [1.54, 1.807) is 6.34 Å². The second-order valence-electron chi connectivity index (χ2n) is 5.10. The van der Waals surface area contributed by atoms with Crippen LogP contribution in [-0.2, 0) is 0 Å². The van der Waals surface area contributed by atoms with Crippen molar-refractivity contribution in [2.24, 2.45) is 4.99 Å². The molecular formula is C18H18ClN3S. The zero-order valence-corrected chi connectivity index (χ0v) is 14.9. The van der Waals surface area contributed by atoms with Gasteiger partial charge in [-0.15, -0.1) is 0 Å². The number of hydrogen-bond donors (Lipinski definition) is 0. The Balaban J connectivity index is 2.30. The van der Waals surface area contributed by atoms with Crippen LogP contribution < -0.4 is 0 Å². The highest BCUT2D eigenvalue weighted by Crippen LogP contribution is 2.38. The number of nitriles is 1. The molecule has 0 radical (unpaired) electrons. The predicted molar refractivity (Wildman–Crippen MR) is 97.9 cm³/mol. The fourth-order valence-electron chi connectivity index (χ4n) is 1.87. The maximum atomic E-state index is 9.19. The van der Waals surface area contributed by atoms with Crippen LogP contribution >= 0.6 is 23.4 Å². The van der Waals surface area contributed by atoms with Crippen molar-refractivity contribution in [2.45, 2.75) is 23.6 Å². The van der Waals surface area contributed by atoms with E-state index in [1.165, 1.54) is 11.8 Å². The first-order chi connectivity index (χ1) is 11.0. The summed E-state index contributed by atoms with van der Waals surface area (Å²) >= 11 is 7.91. The molecule has 0 aliphatic heterocycles. The molecule has 2 rings (SSSR count). The van der Waals surface area contributed by atoms with E-state index >= 15 is 0 Å². The highest BCUT2D eigenvalue weighted by Gasteiger charge is 2.09. The number of halogens is 1. The molecule has 0 atom stereocenters. The van der Waals surface area contributed by atoms with Crippen LogP contribution in [0.3, 0.4) is 0 Å². The van der Waals surface area contributed by atoms with Crippen molar-refractivity contribution in [3.8, 4) is 6.07 Å². The van der Waals surface area contributed by atoms with Crippen molar-refractivity contribution < 1.29 is 0 Å². The Hall–Kier alpha value is -1.96. The van der Waals surface area contributed by atoms with Crippen molar-refractivity contribution in [3.05, 3.63) is 52.5 Å². The molecule has 0 bridgehead atoms. The Kier molecular flexibility index (Phi) is 6.09. The summed E-state index contributed by atoms with van der Waals surface area (Å²) in [4.78, 5) is 8.30. The lowest BCUT2D eigenvalue weighted by atomic mass is 10.2. The van der Waals surface area contributed by atoms with E-state index in [2.05, 4.69) is 18.0 Å². The molecule has 0 amide bonds. The molecule has 0 saturated carbocycles. The van der Waals surface area contributed by atoms with Gasteiger partial charge in [-0.25, -0.2) is 4.99 Å². The summed E-state index contributed by atoms with van der Waals surface area (Å²) in [5.41, 5.74) is 2.55. The Morgan fingerprint density at radius 1 is 1.30 bits per heavy atom. The minimum Gasteiger partial charge on any atom is -0.366 e. The van der Waals surface area contributed by atoms with Gasteiger partial charge in [0, 0.05) is 23.4 Å². The molecule has 2 aromatic rings. The van der Waals surface area contributed by atoms with Gasteiger partial charge < -0.3 is 4.90 Å². The number of aryl methyl sites for hydroxylation is 1. The van der Waals surface area contributed by atoms with Gasteiger partial charge in [-0.1, -0.05) is 35.5 Å². The molecule has 2 aromatic carbocycles. The van der Waals surface area contributed by atoms with E-state index in [0.717, 1.165) is 27.6 Å². The summed E-state index contributed by atoms with van der Waals surface area (Å²) in [6.45, 7) is 4.97. The van der Waals surface area contributed by atoms with Crippen molar-refractivity contribution in [2.75, 3.05) is 13.6 Å². The first-order valence-corrected chi connectivity index (χ1v) is 8.46. The third-order valence-electron chi connectivity index (χ3n) is 3.37. The number of hydrogen-bond acceptors (Lipinski definition) is 3. The Morgan fingerprint density at radius 2 is 2.04 bits per heavy atom. The molecule has 23 heavy (non-hydrogen) atoms. The minimum atomic E-state index is 0.639. The van der Waals surface area contributed by atoms with Crippen LogP contribution in [-0.4, -0.2) is 24.8 Å². The molecule has 0 aromatic heterocycles. The molecule has 0 spiro atoms. The monoisotopic (exact) mass is 343 g/mol. The summed E-state index contributed by atoms with van der Waals surface area (Å²) in [5, 5.41) is 9.83. The van der Waals surface area contributed by atoms with Gasteiger partial charge in [0.25, 0.3) is 0 Å². The second-order valence-corrected chi connectivity index (χ2v) is 6.59. The molecule has 0 N–H and O–H groups in total. The predicted octanol–water partition coefficient (Wildman–Crippen LogP) is 5.28. The summed E-state index contributed by atoms with van der Waals surface area (Å²) in [6, 6.07) is 13.6. The molecule has 0 aliphatic carbocycles. The third-order valence-corrected chi connectivity index (χ3v) is 4.93. The number of nitrogens with zero attached hydrogens (tertiary/aromatic N) is 3. The van der Waals surface area contributed by atoms with Gasteiger partial charge in [0.2, 0.25) is 0 Å². The Bertz CT molecular complexity index is 765. The van der Waals surface area contributed by atoms with Crippen molar-refractivity contribution in [1.29, 1.82) is 5.26 Å². The SMILES string of the molecule is CCN(C)C=Nc1cc(Cl)c(Sc2ccccc2C#N)cc1C. The standard InChI is InChI=1S/C18H18ClN3S/c1-4-22(3)12-21-16-10-15(19)18(9-13(16)2)23-17-8-6-5-7-14(17)11-20/h5-10,12H,4H2,1-3H3. The first kappa shape index (κ1) is 17.4. The van der Waals surface area contributed by atoms with Gasteiger partial charge in [0.1, 0.15) is 6.07 Å². The summed E-state index contributed by atoms with van der Waals surface area (Å²) in [7, 11) is 1.98. The fourth-order valence-corrected chi connectivity index (χ4v) is 3.14. The van der Waals surface area contributed by atoms with E-state index in [-0.39, 0.29) is 0 Å². The summed E-state index contributed by atoms with van der Waals surface area (Å²) in [6.07, 6.45) is 1.80. The van der Waals surface area contributed by atoms with E-state index < -0.39 is 0 Å². The van der Waals surface area contributed by atoms with Gasteiger partial charge in [-0.2, -0.15) is 5.26 Å². The molecular weight excluding hydrogens is 326 g/mol. The number of rotatable bonds is 5. The smallest absolute Gasteiger partial charge is 0.100 e. The van der Waals surface area contributed by atoms with Crippen LogP contribution in [0.15, 0.2) is 51.2 Å². The van der Waals surface area contributed by atoms with Crippen LogP contribution in [0.25, 0.3) is 0 Å². The molecule has 118 valence electrons.